The van der Waals surface area contributed by atoms with Gasteiger partial charge in [-0.15, -0.1) is 0 Å². The van der Waals surface area contributed by atoms with Crippen molar-refractivity contribution in [2.24, 2.45) is 0 Å². The third-order valence-electron chi connectivity index (χ3n) is 2.90. The standard InChI is InChI=1S/C14H12ClF2NO2S/c1-9(10-6-7-12(16)13(17)8-10)18-21(19,20)14-5-3-2-4-11(14)15/h2-9,18H,1H3/t9-/m1/s1. The smallest absolute Gasteiger partial charge is 0.207 e. The number of sulfonamides is 1. The van der Waals surface area contributed by atoms with E-state index in [9.17, 15) is 17.2 Å². The van der Waals surface area contributed by atoms with Gasteiger partial charge in [-0.25, -0.2) is 21.9 Å². The first-order valence-corrected chi connectivity index (χ1v) is 7.89. The van der Waals surface area contributed by atoms with Crippen molar-refractivity contribution in [3.8, 4) is 0 Å². The molecule has 2 aromatic rings. The van der Waals surface area contributed by atoms with Crippen LogP contribution in [0.25, 0.3) is 0 Å². The van der Waals surface area contributed by atoms with Crippen molar-refractivity contribution < 1.29 is 17.2 Å². The number of hydrogen-bond donors (Lipinski definition) is 1. The molecular formula is C14H12ClF2NO2S. The van der Waals surface area contributed by atoms with Crippen molar-refractivity contribution in [2.75, 3.05) is 0 Å². The second-order valence-corrected chi connectivity index (χ2v) is 6.54. The SMILES string of the molecule is C[C@@H](NS(=O)(=O)c1ccccc1Cl)c1ccc(F)c(F)c1. The average Bonchev–Trinajstić information content (AvgIpc) is 2.41. The van der Waals surface area contributed by atoms with E-state index in [1.165, 1.54) is 25.1 Å². The van der Waals surface area contributed by atoms with Crippen LogP contribution >= 0.6 is 11.6 Å². The van der Waals surface area contributed by atoms with Gasteiger partial charge in [-0.1, -0.05) is 29.8 Å². The first-order chi connectivity index (χ1) is 9.81. The molecule has 0 heterocycles. The molecule has 7 heteroatoms. The summed E-state index contributed by atoms with van der Waals surface area (Å²) in [4.78, 5) is -0.0684. The largest absolute Gasteiger partial charge is 0.242 e. The fourth-order valence-corrected chi connectivity index (χ4v) is 3.56. The van der Waals surface area contributed by atoms with Crippen molar-refractivity contribution in [3.63, 3.8) is 0 Å². The highest BCUT2D eigenvalue weighted by Crippen LogP contribution is 2.23. The van der Waals surface area contributed by atoms with Gasteiger partial charge in [-0.2, -0.15) is 0 Å². The highest BCUT2D eigenvalue weighted by Gasteiger charge is 2.21. The quantitative estimate of drug-likeness (QED) is 0.929. The lowest BCUT2D eigenvalue weighted by molar-refractivity contribution is 0.504. The highest BCUT2D eigenvalue weighted by atomic mass is 35.5. The van der Waals surface area contributed by atoms with Crippen LogP contribution < -0.4 is 4.72 Å². The molecule has 21 heavy (non-hydrogen) atoms. The Morgan fingerprint density at radius 3 is 2.38 bits per heavy atom. The molecule has 0 radical (unpaired) electrons. The van der Waals surface area contributed by atoms with Gasteiger partial charge in [0.25, 0.3) is 0 Å². The van der Waals surface area contributed by atoms with Gasteiger partial charge in [0.15, 0.2) is 11.6 Å². The maximum Gasteiger partial charge on any atom is 0.242 e. The normalized spacial score (nSPS) is 13.1. The van der Waals surface area contributed by atoms with Gasteiger partial charge in [-0.3, -0.25) is 0 Å². The molecule has 2 aromatic carbocycles. The lowest BCUT2D eigenvalue weighted by atomic mass is 10.1. The molecule has 0 fully saturated rings. The Bertz CT molecular complexity index is 765. The van der Waals surface area contributed by atoms with Gasteiger partial charge in [0.1, 0.15) is 4.90 Å². The van der Waals surface area contributed by atoms with E-state index < -0.39 is 27.7 Å². The van der Waals surface area contributed by atoms with Crippen LogP contribution in [0.1, 0.15) is 18.5 Å². The lowest BCUT2D eigenvalue weighted by Crippen LogP contribution is -2.27. The summed E-state index contributed by atoms with van der Waals surface area (Å²) in [6, 6.07) is 8.46. The molecule has 1 N–H and O–H groups in total. The summed E-state index contributed by atoms with van der Waals surface area (Å²) in [6.45, 7) is 1.53. The molecule has 0 aliphatic carbocycles. The Labute approximate surface area is 126 Å². The van der Waals surface area contributed by atoms with E-state index in [0.29, 0.717) is 5.56 Å². The molecule has 2 rings (SSSR count). The molecule has 0 saturated carbocycles. The molecule has 0 saturated heterocycles. The predicted molar refractivity (Wildman–Crippen MR) is 76.5 cm³/mol. The minimum Gasteiger partial charge on any atom is -0.207 e. The van der Waals surface area contributed by atoms with E-state index in [-0.39, 0.29) is 9.92 Å². The van der Waals surface area contributed by atoms with Crippen molar-refractivity contribution in [1.29, 1.82) is 0 Å². The zero-order chi connectivity index (χ0) is 15.6. The van der Waals surface area contributed by atoms with Gasteiger partial charge in [0.05, 0.1) is 5.02 Å². The molecule has 0 amide bonds. The van der Waals surface area contributed by atoms with Crippen LogP contribution in [-0.4, -0.2) is 8.42 Å². The molecule has 0 bridgehead atoms. The van der Waals surface area contributed by atoms with E-state index in [0.717, 1.165) is 12.1 Å². The monoisotopic (exact) mass is 331 g/mol. The van der Waals surface area contributed by atoms with Crippen LogP contribution in [0, 0.1) is 11.6 Å². The second kappa shape index (κ2) is 6.09. The third-order valence-corrected chi connectivity index (χ3v) is 4.94. The molecule has 0 unspecified atom stereocenters. The fraction of sp³-hybridized carbons (Fsp3) is 0.143. The third kappa shape index (κ3) is 3.58. The number of nitrogens with one attached hydrogen (secondary N) is 1. The molecule has 0 spiro atoms. The van der Waals surface area contributed by atoms with Gasteiger partial charge in [0.2, 0.25) is 10.0 Å². The zero-order valence-electron chi connectivity index (χ0n) is 11.0. The van der Waals surface area contributed by atoms with Crippen molar-refractivity contribution >= 4 is 21.6 Å². The van der Waals surface area contributed by atoms with E-state index in [1.54, 1.807) is 12.1 Å². The van der Waals surface area contributed by atoms with Crippen LogP contribution in [0.15, 0.2) is 47.4 Å². The number of hydrogen-bond acceptors (Lipinski definition) is 2. The Balaban J connectivity index is 2.28. The Morgan fingerprint density at radius 1 is 1.10 bits per heavy atom. The summed E-state index contributed by atoms with van der Waals surface area (Å²) in [6.07, 6.45) is 0. The maximum atomic E-state index is 13.2. The van der Waals surface area contributed by atoms with E-state index in [1.807, 2.05) is 0 Å². The summed E-state index contributed by atoms with van der Waals surface area (Å²) in [5, 5.41) is 0.0856. The summed E-state index contributed by atoms with van der Waals surface area (Å²) in [5.74, 6) is -2.02. The molecular weight excluding hydrogens is 320 g/mol. The predicted octanol–water partition coefficient (Wildman–Crippen LogP) is 3.66. The van der Waals surface area contributed by atoms with Crippen LogP contribution in [0.4, 0.5) is 8.78 Å². The Hall–Kier alpha value is -1.50. The molecule has 0 aliphatic rings. The number of benzene rings is 2. The fourth-order valence-electron chi connectivity index (χ4n) is 1.81. The Kier molecular flexibility index (Phi) is 4.61. The van der Waals surface area contributed by atoms with Gasteiger partial charge >= 0.3 is 0 Å². The molecule has 0 aromatic heterocycles. The summed E-state index contributed by atoms with van der Waals surface area (Å²) in [7, 11) is -3.86. The second-order valence-electron chi connectivity index (χ2n) is 4.45. The molecule has 1 atom stereocenters. The first kappa shape index (κ1) is 15.9. The number of rotatable bonds is 4. The summed E-state index contributed by atoms with van der Waals surface area (Å²) < 4.78 is 52.9. The van der Waals surface area contributed by atoms with Gasteiger partial charge in [-0.05, 0) is 36.8 Å². The van der Waals surface area contributed by atoms with Crippen LogP contribution in [-0.2, 0) is 10.0 Å². The summed E-state index contributed by atoms with van der Waals surface area (Å²) >= 11 is 5.86. The lowest BCUT2D eigenvalue weighted by Gasteiger charge is -2.15. The van der Waals surface area contributed by atoms with Gasteiger partial charge < -0.3 is 0 Å². The van der Waals surface area contributed by atoms with E-state index in [4.69, 9.17) is 11.6 Å². The van der Waals surface area contributed by atoms with Crippen LogP contribution in [0.3, 0.4) is 0 Å². The van der Waals surface area contributed by atoms with Gasteiger partial charge in [0, 0.05) is 6.04 Å². The van der Waals surface area contributed by atoms with Crippen LogP contribution in [0.2, 0.25) is 5.02 Å². The van der Waals surface area contributed by atoms with Crippen molar-refractivity contribution in [3.05, 3.63) is 64.7 Å². The number of halogens is 3. The van der Waals surface area contributed by atoms with Crippen LogP contribution in [0.5, 0.6) is 0 Å². The average molecular weight is 332 g/mol. The minimum absolute atomic E-state index is 0.0684. The van der Waals surface area contributed by atoms with Crippen molar-refractivity contribution in [2.45, 2.75) is 17.9 Å². The minimum atomic E-state index is -3.86. The Morgan fingerprint density at radius 2 is 1.76 bits per heavy atom. The molecule has 112 valence electrons. The van der Waals surface area contributed by atoms with E-state index >= 15 is 0 Å². The molecule has 0 aliphatic heterocycles. The van der Waals surface area contributed by atoms with Crippen molar-refractivity contribution in [1.82, 2.24) is 4.72 Å². The van der Waals surface area contributed by atoms with E-state index in [2.05, 4.69) is 4.72 Å². The highest BCUT2D eigenvalue weighted by molar-refractivity contribution is 7.89. The molecule has 3 nitrogen and oxygen atoms in total. The maximum absolute atomic E-state index is 13.2. The summed E-state index contributed by atoms with van der Waals surface area (Å²) in [5.41, 5.74) is 0.310. The first-order valence-electron chi connectivity index (χ1n) is 6.03. The zero-order valence-corrected chi connectivity index (χ0v) is 12.5. The topological polar surface area (TPSA) is 46.2 Å².